The van der Waals surface area contributed by atoms with E-state index in [0.29, 0.717) is 0 Å². The second-order valence-corrected chi connectivity index (χ2v) is 6.86. The molecule has 0 aliphatic carbocycles. The molecule has 2 rings (SSSR count). The first-order valence-electron chi connectivity index (χ1n) is 8.78. The summed E-state index contributed by atoms with van der Waals surface area (Å²) < 4.78 is 0. The van der Waals surface area contributed by atoms with Gasteiger partial charge in [-0.2, -0.15) is 0 Å². The number of hydrogen-bond acceptors (Lipinski definition) is 3. The molecule has 23 heavy (non-hydrogen) atoms. The quantitative estimate of drug-likeness (QED) is 0.848. The number of piperidine rings is 1. The normalized spacial score (nSPS) is 17.9. The molecule has 1 saturated heterocycles. The van der Waals surface area contributed by atoms with Gasteiger partial charge in [0.2, 0.25) is 5.91 Å². The highest BCUT2D eigenvalue weighted by atomic mass is 16.2. The smallest absolute Gasteiger partial charge is 0.241 e. The molecule has 4 nitrogen and oxygen atoms in total. The molecule has 0 bridgehead atoms. The monoisotopic (exact) mass is 317 g/mol. The van der Waals surface area contributed by atoms with Gasteiger partial charge in [-0.1, -0.05) is 12.1 Å². The summed E-state index contributed by atoms with van der Waals surface area (Å²) in [6.45, 7) is 9.24. The molecule has 0 spiro atoms. The fourth-order valence-electron chi connectivity index (χ4n) is 3.25. The highest BCUT2D eigenvalue weighted by Gasteiger charge is 2.26. The van der Waals surface area contributed by atoms with Crippen LogP contribution in [0.4, 0.5) is 5.69 Å². The Labute approximate surface area is 140 Å². The molecule has 1 atom stereocenters. The molecule has 1 aromatic rings. The summed E-state index contributed by atoms with van der Waals surface area (Å²) in [5.74, 6) is 0.903. The first-order chi connectivity index (χ1) is 11.0. The van der Waals surface area contributed by atoms with Crippen LogP contribution in [0.3, 0.4) is 0 Å². The summed E-state index contributed by atoms with van der Waals surface area (Å²) in [5.41, 5.74) is 3.22. The minimum Gasteiger partial charge on any atom is -0.324 e. The minimum atomic E-state index is -0.0693. The maximum atomic E-state index is 12.6. The van der Waals surface area contributed by atoms with Gasteiger partial charge in [0, 0.05) is 5.69 Å². The molecule has 1 heterocycles. The molecule has 1 fully saturated rings. The molecule has 128 valence electrons. The van der Waals surface area contributed by atoms with Crippen molar-refractivity contribution < 1.29 is 4.79 Å². The van der Waals surface area contributed by atoms with Crippen LogP contribution in [0.15, 0.2) is 18.2 Å². The highest BCUT2D eigenvalue weighted by molar-refractivity contribution is 5.95. The number of carbonyl (C=O) groups is 1. The summed E-state index contributed by atoms with van der Waals surface area (Å²) in [7, 11) is 2.01. The molecule has 0 aromatic heterocycles. The Morgan fingerprint density at radius 3 is 2.65 bits per heavy atom. The maximum absolute atomic E-state index is 12.6. The fourth-order valence-corrected chi connectivity index (χ4v) is 3.25. The Bertz CT molecular complexity index is 521. The minimum absolute atomic E-state index is 0.0693. The van der Waals surface area contributed by atoms with Crippen molar-refractivity contribution in [3.63, 3.8) is 0 Å². The predicted molar refractivity (Wildman–Crippen MR) is 96.8 cm³/mol. The predicted octanol–water partition coefficient (Wildman–Crippen LogP) is 2.95. The zero-order valence-electron chi connectivity index (χ0n) is 15.0. The summed E-state index contributed by atoms with van der Waals surface area (Å²) in [6, 6.07) is 6.11. The molecule has 0 radical (unpaired) electrons. The van der Waals surface area contributed by atoms with E-state index in [-0.39, 0.29) is 11.9 Å². The van der Waals surface area contributed by atoms with Crippen LogP contribution in [0.25, 0.3) is 0 Å². The zero-order chi connectivity index (χ0) is 16.8. The second kappa shape index (κ2) is 8.46. The Hall–Kier alpha value is -1.39. The van der Waals surface area contributed by atoms with Crippen molar-refractivity contribution in [3.05, 3.63) is 29.3 Å². The number of likely N-dealkylation sites (tertiary alicyclic amines) is 1. The molecular formula is C19H31N3O. The van der Waals surface area contributed by atoms with Gasteiger partial charge in [-0.15, -0.1) is 0 Å². The number of carbonyl (C=O) groups excluding carboxylic acids is 1. The summed E-state index contributed by atoms with van der Waals surface area (Å²) in [6.07, 6.45) is 3.64. The third-order valence-electron chi connectivity index (χ3n) is 5.03. The molecule has 2 N–H and O–H groups in total. The maximum Gasteiger partial charge on any atom is 0.241 e. The first-order valence-corrected chi connectivity index (χ1v) is 8.78. The van der Waals surface area contributed by atoms with Gasteiger partial charge < -0.3 is 10.6 Å². The van der Waals surface area contributed by atoms with Crippen LogP contribution in [0, 0.1) is 19.8 Å². The SMILES string of the molecule is CNCCC1CCN(C(C)C(=O)Nc2cc(C)ccc2C)CC1. The van der Waals surface area contributed by atoms with E-state index in [0.717, 1.165) is 36.8 Å². The van der Waals surface area contributed by atoms with Gasteiger partial charge in [0.1, 0.15) is 0 Å². The number of nitrogens with one attached hydrogen (secondary N) is 2. The van der Waals surface area contributed by atoms with E-state index in [2.05, 4.69) is 34.6 Å². The average Bonchev–Trinajstić information content (AvgIpc) is 2.56. The average molecular weight is 317 g/mol. The zero-order valence-corrected chi connectivity index (χ0v) is 15.0. The van der Waals surface area contributed by atoms with Crippen molar-refractivity contribution in [3.8, 4) is 0 Å². The molecule has 1 aliphatic rings. The standard InChI is InChI=1S/C19H31N3O/c1-14-5-6-15(2)18(13-14)21-19(23)16(3)22-11-8-17(9-12-22)7-10-20-4/h5-6,13,16-17,20H,7-12H2,1-4H3,(H,21,23). The highest BCUT2D eigenvalue weighted by Crippen LogP contribution is 2.22. The Morgan fingerprint density at radius 1 is 1.30 bits per heavy atom. The lowest BCUT2D eigenvalue weighted by molar-refractivity contribution is -0.121. The van der Waals surface area contributed by atoms with Crippen molar-refractivity contribution in [2.24, 2.45) is 5.92 Å². The van der Waals surface area contributed by atoms with Gasteiger partial charge in [0.15, 0.2) is 0 Å². The van der Waals surface area contributed by atoms with E-state index >= 15 is 0 Å². The Kier molecular flexibility index (Phi) is 6.60. The van der Waals surface area contributed by atoms with Crippen LogP contribution in [0.5, 0.6) is 0 Å². The van der Waals surface area contributed by atoms with Crippen molar-refractivity contribution in [1.82, 2.24) is 10.2 Å². The number of amides is 1. The lowest BCUT2D eigenvalue weighted by atomic mass is 9.93. The largest absolute Gasteiger partial charge is 0.324 e. The van der Waals surface area contributed by atoms with Gasteiger partial charge in [0.05, 0.1) is 6.04 Å². The molecule has 1 unspecified atom stereocenters. The summed E-state index contributed by atoms with van der Waals surface area (Å²) >= 11 is 0. The van der Waals surface area contributed by atoms with Gasteiger partial charge in [-0.05, 0) is 89.8 Å². The molecule has 0 saturated carbocycles. The molecule has 1 amide bonds. The molecule has 4 heteroatoms. The van der Waals surface area contributed by atoms with Crippen LogP contribution in [0.2, 0.25) is 0 Å². The van der Waals surface area contributed by atoms with E-state index in [9.17, 15) is 4.79 Å². The van der Waals surface area contributed by atoms with Gasteiger partial charge >= 0.3 is 0 Å². The van der Waals surface area contributed by atoms with E-state index in [4.69, 9.17) is 0 Å². The van der Waals surface area contributed by atoms with Crippen LogP contribution < -0.4 is 10.6 Å². The van der Waals surface area contributed by atoms with Crippen molar-refractivity contribution >= 4 is 11.6 Å². The van der Waals surface area contributed by atoms with E-state index in [1.807, 2.05) is 27.0 Å². The van der Waals surface area contributed by atoms with Gasteiger partial charge in [-0.25, -0.2) is 0 Å². The number of hydrogen-bond donors (Lipinski definition) is 2. The topological polar surface area (TPSA) is 44.4 Å². The molecule has 1 aromatic carbocycles. The fraction of sp³-hybridized carbons (Fsp3) is 0.632. The molecular weight excluding hydrogens is 286 g/mol. The first kappa shape index (κ1) is 18.0. The molecule has 1 aliphatic heterocycles. The lowest BCUT2D eigenvalue weighted by Crippen LogP contribution is -2.46. The second-order valence-electron chi connectivity index (χ2n) is 6.86. The number of rotatable bonds is 6. The Balaban J connectivity index is 1.87. The lowest BCUT2D eigenvalue weighted by Gasteiger charge is -2.35. The van der Waals surface area contributed by atoms with E-state index in [1.54, 1.807) is 0 Å². The number of nitrogens with zero attached hydrogens (tertiary/aromatic N) is 1. The number of anilines is 1. The third kappa shape index (κ3) is 5.05. The van der Waals surface area contributed by atoms with Gasteiger partial charge in [-0.3, -0.25) is 9.69 Å². The van der Waals surface area contributed by atoms with Crippen molar-refractivity contribution in [1.29, 1.82) is 0 Å². The summed E-state index contributed by atoms with van der Waals surface area (Å²) in [4.78, 5) is 14.9. The number of aryl methyl sites for hydroxylation is 2. The van der Waals surface area contributed by atoms with E-state index in [1.165, 1.54) is 24.8 Å². The van der Waals surface area contributed by atoms with Crippen LogP contribution >= 0.6 is 0 Å². The van der Waals surface area contributed by atoms with Crippen molar-refractivity contribution in [2.45, 2.75) is 46.1 Å². The van der Waals surface area contributed by atoms with Crippen LogP contribution in [0.1, 0.15) is 37.3 Å². The van der Waals surface area contributed by atoms with Crippen LogP contribution in [-0.2, 0) is 4.79 Å². The third-order valence-corrected chi connectivity index (χ3v) is 5.03. The number of benzene rings is 1. The summed E-state index contributed by atoms with van der Waals surface area (Å²) in [5, 5.41) is 6.33. The Morgan fingerprint density at radius 2 is 2.00 bits per heavy atom. The van der Waals surface area contributed by atoms with Crippen LogP contribution in [-0.4, -0.2) is 43.5 Å². The van der Waals surface area contributed by atoms with E-state index < -0.39 is 0 Å². The van der Waals surface area contributed by atoms with Gasteiger partial charge in [0.25, 0.3) is 0 Å². The van der Waals surface area contributed by atoms with Crippen molar-refractivity contribution in [2.75, 3.05) is 32.0 Å².